The Morgan fingerprint density at radius 1 is 1.25 bits per heavy atom. The van der Waals surface area contributed by atoms with Crippen LogP contribution in [0.2, 0.25) is 10.0 Å². The summed E-state index contributed by atoms with van der Waals surface area (Å²) in [5, 5.41) is 3.03. The van der Waals surface area contributed by atoms with Gasteiger partial charge in [0.05, 0.1) is 10.0 Å². The highest BCUT2D eigenvalue weighted by atomic mass is 35.5. The van der Waals surface area contributed by atoms with Crippen LogP contribution >= 0.6 is 46.3 Å². The minimum absolute atomic E-state index is 0.00645. The van der Waals surface area contributed by atoms with E-state index in [0.717, 1.165) is 12.3 Å². The van der Waals surface area contributed by atoms with E-state index in [0.29, 0.717) is 15.6 Å². The number of hydrogen-bond acceptors (Lipinski definition) is 3. The molecule has 3 rings (SSSR count). The van der Waals surface area contributed by atoms with Gasteiger partial charge in [0.25, 0.3) is 5.91 Å². The molecule has 2 nitrogen and oxygen atoms in total. The molecule has 104 valence electrons. The Labute approximate surface area is 135 Å². The molecule has 6 heteroatoms. The average Bonchev–Trinajstić information content (AvgIpc) is 3.10. The van der Waals surface area contributed by atoms with Gasteiger partial charge in [0.15, 0.2) is 0 Å². The second-order valence-corrected chi connectivity index (χ2v) is 7.35. The fourth-order valence-corrected chi connectivity index (χ4v) is 4.67. The zero-order valence-electron chi connectivity index (χ0n) is 10.4. The normalized spacial score (nSPS) is 18.5. The fourth-order valence-electron chi connectivity index (χ4n) is 2.14. The standard InChI is InChI=1S/C14H11Cl2NOS2/c15-10-4-3-9(8-11(10)16)13(18)17-5-7-20-14(17)12-2-1-6-19-12/h1-4,6,8,14H,5,7H2. The maximum atomic E-state index is 12.6. The van der Waals surface area contributed by atoms with E-state index in [1.807, 2.05) is 16.3 Å². The topological polar surface area (TPSA) is 20.3 Å². The number of amides is 1. The summed E-state index contributed by atoms with van der Waals surface area (Å²) in [6.45, 7) is 0.756. The van der Waals surface area contributed by atoms with E-state index in [9.17, 15) is 4.79 Å². The third kappa shape index (κ3) is 2.70. The number of carbonyl (C=O) groups is 1. The third-order valence-electron chi connectivity index (χ3n) is 3.10. The van der Waals surface area contributed by atoms with E-state index in [4.69, 9.17) is 23.2 Å². The van der Waals surface area contributed by atoms with Crippen LogP contribution in [0.15, 0.2) is 35.7 Å². The van der Waals surface area contributed by atoms with Gasteiger partial charge in [-0.15, -0.1) is 23.1 Å². The van der Waals surface area contributed by atoms with Gasteiger partial charge in [-0.1, -0.05) is 29.3 Å². The molecule has 0 saturated carbocycles. The van der Waals surface area contributed by atoms with Crippen LogP contribution < -0.4 is 0 Å². The summed E-state index contributed by atoms with van der Waals surface area (Å²) in [6.07, 6.45) is 0. The Morgan fingerprint density at radius 3 is 2.80 bits per heavy atom. The molecule has 1 aliphatic heterocycles. The quantitative estimate of drug-likeness (QED) is 0.769. The van der Waals surface area contributed by atoms with Crippen molar-refractivity contribution >= 4 is 52.2 Å². The van der Waals surface area contributed by atoms with Crippen molar-refractivity contribution in [3.05, 3.63) is 56.2 Å². The van der Waals surface area contributed by atoms with Crippen molar-refractivity contribution in [2.45, 2.75) is 5.37 Å². The average molecular weight is 344 g/mol. The van der Waals surface area contributed by atoms with Crippen LogP contribution in [0.5, 0.6) is 0 Å². The van der Waals surface area contributed by atoms with Gasteiger partial charge < -0.3 is 4.90 Å². The highest BCUT2D eigenvalue weighted by molar-refractivity contribution is 7.99. The molecule has 20 heavy (non-hydrogen) atoms. The lowest BCUT2D eigenvalue weighted by Gasteiger charge is -2.23. The first-order valence-corrected chi connectivity index (χ1v) is 8.76. The van der Waals surface area contributed by atoms with Gasteiger partial charge in [0.2, 0.25) is 0 Å². The second kappa shape index (κ2) is 5.98. The summed E-state index contributed by atoms with van der Waals surface area (Å²) in [5.74, 6) is 0.960. The number of carbonyl (C=O) groups excluding carboxylic acids is 1. The summed E-state index contributed by atoms with van der Waals surface area (Å²) < 4.78 is 0. The Hall–Kier alpha value is -0.680. The summed E-state index contributed by atoms with van der Waals surface area (Å²) >= 11 is 15.4. The van der Waals surface area contributed by atoms with Crippen LogP contribution in [-0.4, -0.2) is 23.1 Å². The molecule has 0 radical (unpaired) electrons. The molecule has 1 amide bonds. The first-order valence-electron chi connectivity index (χ1n) is 6.08. The number of nitrogens with zero attached hydrogens (tertiary/aromatic N) is 1. The smallest absolute Gasteiger partial charge is 0.255 e. The number of hydrogen-bond donors (Lipinski definition) is 0. The predicted octanol–water partition coefficient (Wildman–Crippen LogP) is 4.94. The van der Waals surface area contributed by atoms with E-state index in [1.165, 1.54) is 4.88 Å². The lowest BCUT2D eigenvalue weighted by Crippen LogP contribution is -2.30. The molecular weight excluding hydrogens is 333 g/mol. The van der Waals surface area contributed by atoms with Crippen LogP contribution in [0.3, 0.4) is 0 Å². The molecule has 0 spiro atoms. The molecule has 1 aromatic carbocycles. The largest absolute Gasteiger partial charge is 0.321 e. The van der Waals surface area contributed by atoms with E-state index in [-0.39, 0.29) is 11.3 Å². The summed E-state index contributed by atoms with van der Waals surface area (Å²) in [7, 11) is 0. The molecule has 2 aromatic rings. The van der Waals surface area contributed by atoms with E-state index < -0.39 is 0 Å². The molecule has 1 aliphatic rings. The summed E-state index contributed by atoms with van der Waals surface area (Å²) in [6, 6.07) is 9.12. The number of thiophene rings is 1. The molecule has 0 aliphatic carbocycles. The molecule has 1 aromatic heterocycles. The Kier molecular flexibility index (Phi) is 4.26. The first kappa shape index (κ1) is 14.3. The maximum Gasteiger partial charge on any atom is 0.255 e. The van der Waals surface area contributed by atoms with Crippen molar-refractivity contribution in [2.75, 3.05) is 12.3 Å². The molecule has 2 heterocycles. The molecular formula is C14H11Cl2NOS2. The van der Waals surface area contributed by atoms with Gasteiger partial charge in [-0.2, -0.15) is 0 Å². The molecule has 0 bridgehead atoms. The summed E-state index contributed by atoms with van der Waals surface area (Å²) in [4.78, 5) is 15.7. The molecule has 0 N–H and O–H groups in total. The van der Waals surface area contributed by atoms with Crippen LogP contribution in [0.25, 0.3) is 0 Å². The van der Waals surface area contributed by atoms with E-state index >= 15 is 0 Å². The second-order valence-electron chi connectivity index (χ2n) is 4.37. The first-order chi connectivity index (χ1) is 9.66. The zero-order valence-corrected chi connectivity index (χ0v) is 13.5. The fraction of sp³-hybridized carbons (Fsp3) is 0.214. The number of thioether (sulfide) groups is 1. The minimum atomic E-state index is 0.00645. The lowest BCUT2D eigenvalue weighted by molar-refractivity contribution is 0.0762. The Bertz CT molecular complexity index is 630. The summed E-state index contributed by atoms with van der Waals surface area (Å²) in [5.41, 5.74) is 0.587. The number of rotatable bonds is 2. The van der Waals surface area contributed by atoms with Crippen molar-refractivity contribution in [3.8, 4) is 0 Å². The number of halogens is 2. The van der Waals surface area contributed by atoms with Gasteiger partial charge in [-0.05, 0) is 29.6 Å². The van der Waals surface area contributed by atoms with Gasteiger partial charge in [0.1, 0.15) is 5.37 Å². The van der Waals surface area contributed by atoms with Crippen LogP contribution in [0.4, 0.5) is 0 Å². The molecule has 1 unspecified atom stereocenters. The highest BCUT2D eigenvalue weighted by Crippen LogP contribution is 2.40. The zero-order chi connectivity index (χ0) is 14.1. The highest BCUT2D eigenvalue weighted by Gasteiger charge is 2.31. The number of benzene rings is 1. The van der Waals surface area contributed by atoms with Crippen LogP contribution in [-0.2, 0) is 0 Å². The Morgan fingerprint density at radius 2 is 2.10 bits per heavy atom. The van der Waals surface area contributed by atoms with Crippen molar-refractivity contribution in [1.82, 2.24) is 4.90 Å². The van der Waals surface area contributed by atoms with Gasteiger partial charge in [-0.3, -0.25) is 4.79 Å². The van der Waals surface area contributed by atoms with Crippen molar-refractivity contribution in [2.24, 2.45) is 0 Å². The molecule has 1 atom stereocenters. The lowest BCUT2D eigenvalue weighted by atomic mass is 10.2. The van der Waals surface area contributed by atoms with Crippen LogP contribution in [0, 0.1) is 0 Å². The van der Waals surface area contributed by atoms with Crippen molar-refractivity contribution < 1.29 is 4.79 Å². The molecule has 1 saturated heterocycles. The van der Waals surface area contributed by atoms with E-state index in [1.54, 1.807) is 41.3 Å². The van der Waals surface area contributed by atoms with Gasteiger partial charge in [0, 0.05) is 22.7 Å². The Balaban J connectivity index is 1.87. The van der Waals surface area contributed by atoms with E-state index in [2.05, 4.69) is 6.07 Å². The van der Waals surface area contributed by atoms with Gasteiger partial charge >= 0.3 is 0 Å². The third-order valence-corrected chi connectivity index (χ3v) is 6.16. The van der Waals surface area contributed by atoms with Crippen molar-refractivity contribution in [3.63, 3.8) is 0 Å². The minimum Gasteiger partial charge on any atom is -0.321 e. The predicted molar refractivity (Wildman–Crippen MR) is 87.0 cm³/mol. The molecule has 1 fully saturated rings. The van der Waals surface area contributed by atoms with Crippen LogP contribution in [0.1, 0.15) is 20.6 Å². The monoisotopic (exact) mass is 343 g/mol. The SMILES string of the molecule is O=C(c1ccc(Cl)c(Cl)c1)N1CCSC1c1cccs1. The maximum absolute atomic E-state index is 12.6. The van der Waals surface area contributed by atoms with Gasteiger partial charge in [-0.25, -0.2) is 0 Å². The van der Waals surface area contributed by atoms with Crippen molar-refractivity contribution in [1.29, 1.82) is 0 Å².